The summed E-state index contributed by atoms with van der Waals surface area (Å²) in [5.74, 6) is 0.119. The predicted molar refractivity (Wildman–Crippen MR) is 66.9 cm³/mol. The quantitative estimate of drug-likeness (QED) is 0.874. The van der Waals surface area contributed by atoms with E-state index in [0.29, 0.717) is 12.3 Å². The number of rotatable bonds is 4. The van der Waals surface area contributed by atoms with Crippen LogP contribution in [0.4, 0.5) is 4.39 Å². The molecule has 1 saturated carbocycles. The van der Waals surface area contributed by atoms with Gasteiger partial charge in [0, 0.05) is 17.5 Å². The van der Waals surface area contributed by atoms with Gasteiger partial charge in [-0.05, 0) is 30.9 Å². The molecule has 0 heterocycles. The Labute approximate surface area is 102 Å². The number of nitrogens with two attached hydrogens (primary N) is 1. The van der Waals surface area contributed by atoms with Crippen LogP contribution in [0.5, 0.6) is 5.75 Å². The summed E-state index contributed by atoms with van der Waals surface area (Å²) in [6, 6.07) is 3.62. The fraction of sp³-hybridized carbons (Fsp3) is 0.571. The molecular weight excluding hydrogens is 217 g/mol. The summed E-state index contributed by atoms with van der Waals surface area (Å²) in [6.07, 6.45) is 4.06. The Morgan fingerprint density at radius 3 is 2.53 bits per heavy atom. The molecule has 1 aromatic carbocycles. The van der Waals surface area contributed by atoms with Gasteiger partial charge in [0.1, 0.15) is 0 Å². The van der Waals surface area contributed by atoms with Gasteiger partial charge in [-0.2, -0.15) is 0 Å². The van der Waals surface area contributed by atoms with Gasteiger partial charge in [0.25, 0.3) is 0 Å². The summed E-state index contributed by atoms with van der Waals surface area (Å²) < 4.78 is 19.2. The molecule has 0 spiro atoms. The molecule has 0 unspecified atom stereocenters. The lowest BCUT2D eigenvalue weighted by atomic mass is 9.64. The number of ether oxygens (including phenoxy) is 1. The molecule has 0 aromatic heterocycles. The van der Waals surface area contributed by atoms with E-state index in [1.165, 1.54) is 13.5 Å². The van der Waals surface area contributed by atoms with Crippen molar-refractivity contribution in [2.45, 2.75) is 38.0 Å². The zero-order chi connectivity index (χ0) is 12.5. The molecule has 17 heavy (non-hydrogen) atoms. The Kier molecular flexibility index (Phi) is 3.38. The van der Waals surface area contributed by atoms with Crippen LogP contribution in [0.25, 0.3) is 0 Å². The van der Waals surface area contributed by atoms with Gasteiger partial charge in [-0.3, -0.25) is 0 Å². The van der Waals surface area contributed by atoms with Gasteiger partial charge in [0.15, 0.2) is 11.6 Å². The Morgan fingerprint density at radius 1 is 1.41 bits per heavy atom. The molecule has 1 aromatic rings. The molecule has 0 aliphatic heterocycles. The summed E-state index contributed by atoms with van der Waals surface area (Å²) in [7, 11) is 1.52. The molecule has 0 amide bonds. The maximum absolute atomic E-state index is 14.0. The first-order valence-corrected chi connectivity index (χ1v) is 6.24. The molecule has 0 atom stereocenters. The minimum atomic E-state index is -0.262. The van der Waals surface area contributed by atoms with Gasteiger partial charge in [-0.15, -0.1) is 0 Å². The van der Waals surface area contributed by atoms with E-state index in [1.54, 1.807) is 6.07 Å². The Balaban J connectivity index is 2.53. The van der Waals surface area contributed by atoms with Crippen LogP contribution in [0.3, 0.4) is 0 Å². The Morgan fingerprint density at radius 2 is 2.12 bits per heavy atom. The molecule has 1 aliphatic rings. The van der Waals surface area contributed by atoms with Gasteiger partial charge in [0.2, 0.25) is 0 Å². The third-order valence-corrected chi connectivity index (χ3v) is 3.99. The van der Waals surface area contributed by atoms with Crippen LogP contribution in [0, 0.1) is 5.82 Å². The van der Waals surface area contributed by atoms with Crippen molar-refractivity contribution in [3.63, 3.8) is 0 Å². The van der Waals surface area contributed by atoms with Crippen molar-refractivity contribution in [1.82, 2.24) is 0 Å². The first kappa shape index (κ1) is 12.4. The monoisotopic (exact) mass is 237 g/mol. The lowest BCUT2D eigenvalue weighted by Gasteiger charge is -2.42. The van der Waals surface area contributed by atoms with Crippen molar-refractivity contribution in [1.29, 1.82) is 0 Å². The van der Waals surface area contributed by atoms with Crippen molar-refractivity contribution >= 4 is 0 Å². The molecule has 2 rings (SSSR count). The smallest absolute Gasteiger partial charge is 0.165 e. The summed E-state index contributed by atoms with van der Waals surface area (Å²) >= 11 is 0. The fourth-order valence-corrected chi connectivity index (χ4v) is 2.64. The summed E-state index contributed by atoms with van der Waals surface area (Å²) in [6.45, 7) is 2.59. The van der Waals surface area contributed by atoms with Gasteiger partial charge in [-0.1, -0.05) is 19.4 Å². The maximum Gasteiger partial charge on any atom is 0.165 e. The van der Waals surface area contributed by atoms with Crippen molar-refractivity contribution in [2.75, 3.05) is 13.7 Å². The highest BCUT2D eigenvalue weighted by Crippen LogP contribution is 2.47. The van der Waals surface area contributed by atoms with E-state index in [9.17, 15) is 4.39 Å². The summed E-state index contributed by atoms with van der Waals surface area (Å²) in [5.41, 5.74) is 7.81. The van der Waals surface area contributed by atoms with Crippen LogP contribution in [-0.4, -0.2) is 13.7 Å². The average molecular weight is 237 g/mol. The van der Waals surface area contributed by atoms with E-state index in [0.717, 1.165) is 30.4 Å². The number of methoxy groups -OCH3 is 1. The fourth-order valence-electron chi connectivity index (χ4n) is 2.64. The zero-order valence-corrected chi connectivity index (χ0v) is 10.6. The van der Waals surface area contributed by atoms with E-state index in [1.807, 2.05) is 6.92 Å². The lowest BCUT2D eigenvalue weighted by molar-refractivity contribution is 0.240. The summed E-state index contributed by atoms with van der Waals surface area (Å²) in [4.78, 5) is 0. The van der Waals surface area contributed by atoms with Crippen LogP contribution in [0.1, 0.15) is 37.3 Å². The number of halogens is 1. The first-order chi connectivity index (χ1) is 8.16. The number of aryl methyl sites for hydroxylation is 1. The van der Waals surface area contributed by atoms with Gasteiger partial charge < -0.3 is 10.5 Å². The highest BCUT2D eigenvalue weighted by atomic mass is 19.1. The van der Waals surface area contributed by atoms with E-state index in [4.69, 9.17) is 10.5 Å². The molecule has 0 bridgehead atoms. The number of benzene rings is 1. The van der Waals surface area contributed by atoms with Gasteiger partial charge in [0.05, 0.1) is 7.11 Å². The van der Waals surface area contributed by atoms with Crippen LogP contribution in [0.2, 0.25) is 0 Å². The van der Waals surface area contributed by atoms with Crippen molar-refractivity contribution in [3.05, 3.63) is 29.1 Å². The molecule has 94 valence electrons. The molecule has 2 N–H and O–H groups in total. The third-order valence-electron chi connectivity index (χ3n) is 3.99. The molecule has 0 saturated heterocycles. The number of hydrogen-bond acceptors (Lipinski definition) is 2. The lowest BCUT2D eigenvalue weighted by Crippen LogP contribution is -2.42. The SMILES string of the molecule is CCc1cc(F)c(OC)c(C2(CN)CCC2)c1. The molecule has 2 nitrogen and oxygen atoms in total. The second-order valence-corrected chi connectivity index (χ2v) is 4.85. The molecular formula is C14H20FNO. The van der Waals surface area contributed by atoms with E-state index in [-0.39, 0.29) is 11.2 Å². The summed E-state index contributed by atoms with van der Waals surface area (Å²) in [5, 5.41) is 0. The van der Waals surface area contributed by atoms with Crippen molar-refractivity contribution in [2.24, 2.45) is 5.73 Å². The maximum atomic E-state index is 14.0. The van der Waals surface area contributed by atoms with Gasteiger partial charge >= 0.3 is 0 Å². The van der Waals surface area contributed by atoms with E-state index >= 15 is 0 Å². The van der Waals surface area contributed by atoms with E-state index in [2.05, 4.69) is 6.07 Å². The normalized spacial score (nSPS) is 17.6. The van der Waals surface area contributed by atoms with Crippen molar-refractivity contribution in [3.8, 4) is 5.75 Å². The standard InChI is InChI=1S/C14H20FNO/c1-3-10-7-11(13(17-2)12(15)8-10)14(9-16)5-4-6-14/h7-8H,3-6,9,16H2,1-2H3. The minimum Gasteiger partial charge on any atom is -0.493 e. The minimum absolute atomic E-state index is 0.0582. The van der Waals surface area contributed by atoms with Crippen LogP contribution < -0.4 is 10.5 Å². The molecule has 3 heteroatoms. The highest BCUT2D eigenvalue weighted by Gasteiger charge is 2.40. The zero-order valence-electron chi connectivity index (χ0n) is 10.6. The first-order valence-electron chi connectivity index (χ1n) is 6.24. The van der Waals surface area contributed by atoms with Crippen molar-refractivity contribution < 1.29 is 9.13 Å². The van der Waals surface area contributed by atoms with Crippen LogP contribution >= 0.6 is 0 Å². The second-order valence-electron chi connectivity index (χ2n) is 4.85. The molecule has 1 aliphatic carbocycles. The molecule has 0 radical (unpaired) electrons. The Bertz CT molecular complexity index is 407. The largest absolute Gasteiger partial charge is 0.493 e. The highest BCUT2D eigenvalue weighted by molar-refractivity contribution is 5.45. The van der Waals surface area contributed by atoms with Gasteiger partial charge in [-0.25, -0.2) is 4.39 Å². The second kappa shape index (κ2) is 4.65. The molecule has 1 fully saturated rings. The Hall–Kier alpha value is -1.09. The van der Waals surface area contributed by atoms with Crippen LogP contribution in [-0.2, 0) is 11.8 Å². The third kappa shape index (κ3) is 1.93. The predicted octanol–water partition coefficient (Wildman–Crippen LogP) is 2.78. The van der Waals surface area contributed by atoms with E-state index < -0.39 is 0 Å². The topological polar surface area (TPSA) is 35.2 Å². The average Bonchev–Trinajstić information content (AvgIpc) is 2.28. The van der Waals surface area contributed by atoms with Crippen LogP contribution in [0.15, 0.2) is 12.1 Å². The number of hydrogen-bond donors (Lipinski definition) is 1.